The van der Waals surface area contributed by atoms with Gasteiger partial charge in [0.15, 0.2) is 5.69 Å². The summed E-state index contributed by atoms with van der Waals surface area (Å²) in [6.07, 6.45) is 4.33. The van der Waals surface area contributed by atoms with Crippen LogP contribution in [0.15, 0.2) is 48.7 Å². The van der Waals surface area contributed by atoms with Crippen molar-refractivity contribution in [1.29, 1.82) is 0 Å². The van der Waals surface area contributed by atoms with Crippen LogP contribution < -0.4 is 10.6 Å². The molecule has 0 bridgehead atoms. The van der Waals surface area contributed by atoms with Crippen LogP contribution in [0.25, 0.3) is 5.69 Å². The molecule has 156 valence electrons. The van der Waals surface area contributed by atoms with Crippen molar-refractivity contribution >= 4 is 23.6 Å². The van der Waals surface area contributed by atoms with Gasteiger partial charge in [0.25, 0.3) is 11.8 Å². The summed E-state index contributed by atoms with van der Waals surface area (Å²) in [5.41, 5.74) is 3.24. The number of benzene rings is 1. The lowest BCUT2D eigenvalue weighted by Crippen LogP contribution is -2.27. The highest BCUT2D eigenvalue weighted by Crippen LogP contribution is 2.18. The van der Waals surface area contributed by atoms with Crippen LogP contribution in [0, 0.1) is 0 Å². The molecule has 1 aromatic carbocycles. The highest BCUT2D eigenvalue weighted by molar-refractivity contribution is 7.97. The van der Waals surface area contributed by atoms with Crippen molar-refractivity contribution in [2.24, 2.45) is 0 Å². The van der Waals surface area contributed by atoms with E-state index in [1.165, 1.54) is 0 Å². The third kappa shape index (κ3) is 5.24. The fourth-order valence-corrected chi connectivity index (χ4v) is 3.43. The molecule has 0 unspecified atom stereocenters. The van der Waals surface area contributed by atoms with E-state index in [-0.39, 0.29) is 11.8 Å². The summed E-state index contributed by atoms with van der Waals surface area (Å²) in [6, 6.07) is 12.8. The Hall–Kier alpha value is -3.20. The predicted molar refractivity (Wildman–Crippen MR) is 117 cm³/mol. The third-order valence-electron chi connectivity index (χ3n) is 4.36. The zero-order chi connectivity index (χ0) is 21.3. The SMILES string of the molecule is CCNC(=O)c1ccc(-n2nnc(C(=O)NCCc3ccccn3)c2CSC)cc1. The zero-order valence-electron chi connectivity index (χ0n) is 17.0. The first kappa shape index (κ1) is 21.5. The van der Waals surface area contributed by atoms with Gasteiger partial charge in [0, 0.05) is 42.7 Å². The minimum atomic E-state index is -0.264. The average molecular weight is 425 g/mol. The van der Waals surface area contributed by atoms with Gasteiger partial charge in [-0.1, -0.05) is 11.3 Å². The Morgan fingerprint density at radius 1 is 1.07 bits per heavy atom. The van der Waals surface area contributed by atoms with Crippen LogP contribution >= 0.6 is 11.8 Å². The smallest absolute Gasteiger partial charge is 0.273 e. The van der Waals surface area contributed by atoms with Gasteiger partial charge >= 0.3 is 0 Å². The lowest BCUT2D eigenvalue weighted by atomic mass is 10.2. The normalized spacial score (nSPS) is 10.6. The van der Waals surface area contributed by atoms with Gasteiger partial charge in [-0.05, 0) is 49.6 Å². The van der Waals surface area contributed by atoms with Gasteiger partial charge in [0.1, 0.15) is 0 Å². The fraction of sp³-hybridized carbons (Fsp3) is 0.286. The quantitative estimate of drug-likeness (QED) is 0.546. The number of carbonyl (C=O) groups is 2. The van der Waals surface area contributed by atoms with Crippen LogP contribution in [0.3, 0.4) is 0 Å². The molecule has 0 atom stereocenters. The Kier molecular flexibility index (Phi) is 7.56. The second kappa shape index (κ2) is 10.5. The van der Waals surface area contributed by atoms with Gasteiger partial charge < -0.3 is 10.6 Å². The summed E-state index contributed by atoms with van der Waals surface area (Å²) in [6.45, 7) is 2.91. The standard InChI is InChI=1S/C21H24N6O2S/c1-3-22-20(28)15-7-9-17(10-8-15)27-18(14-30-2)19(25-26-27)21(29)24-13-11-16-6-4-5-12-23-16/h4-10,12H,3,11,13-14H2,1-2H3,(H,22,28)(H,24,29). The number of nitrogens with one attached hydrogen (secondary N) is 2. The molecule has 0 aliphatic rings. The van der Waals surface area contributed by atoms with E-state index in [9.17, 15) is 9.59 Å². The molecule has 8 nitrogen and oxygen atoms in total. The number of thioether (sulfide) groups is 1. The van der Waals surface area contributed by atoms with E-state index in [1.54, 1.807) is 46.9 Å². The summed E-state index contributed by atoms with van der Waals surface area (Å²) in [7, 11) is 0. The van der Waals surface area contributed by atoms with Crippen LogP contribution in [0.4, 0.5) is 0 Å². The van der Waals surface area contributed by atoms with Gasteiger partial charge in [-0.15, -0.1) is 5.10 Å². The van der Waals surface area contributed by atoms with E-state index in [0.717, 1.165) is 11.4 Å². The highest BCUT2D eigenvalue weighted by Gasteiger charge is 2.20. The van der Waals surface area contributed by atoms with E-state index >= 15 is 0 Å². The topological polar surface area (TPSA) is 102 Å². The third-order valence-corrected chi connectivity index (χ3v) is 4.93. The first-order valence-corrected chi connectivity index (χ1v) is 11.0. The Bertz CT molecular complexity index is 988. The molecule has 30 heavy (non-hydrogen) atoms. The van der Waals surface area contributed by atoms with Crippen LogP contribution in [0.2, 0.25) is 0 Å². The Labute approximate surface area is 179 Å². The summed E-state index contributed by atoms with van der Waals surface area (Å²) >= 11 is 1.58. The molecule has 0 fully saturated rings. The molecule has 0 saturated carbocycles. The number of rotatable bonds is 9. The largest absolute Gasteiger partial charge is 0.352 e. The molecule has 9 heteroatoms. The second-order valence-corrected chi connectivity index (χ2v) is 7.33. The second-order valence-electron chi connectivity index (χ2n) is 6.46. The molecule has 0 saturated heterocycles. The number of hydrogen-bond acceptors (Lipinski definition) is 6. The average Bonchev–Trinajstić information content (AvgIpc) is 3.19. The van der Waals surface area contributed by atoms with Crippen molar-refractivity contribution in [3.8, 4) is 5.69 Å². The van der Waals surface area contributed by atoms with Gasteiger partial charge in [0.2, 0.25) is 0 Å². The maximum absolute atomic E-state index is 12.7. The molecule has 0 radical (unpaired) electrons. The maximum atomic E-state index is 12.7. The monoisotopic (exact) mass is 424 g/mol. The van der Waals surface area contributed by atoms with Gasteiger partial charge in [-0.25, -0.2) is 4.68 Å². The van der Waals surface area contributed by atoms with E-state index in [0.29, 0.717) is 42.2 Å². The summed E-state index contributed by atoms with van der Waals surface area (Å²) < 4.78 is 1.64. The van der Waals surface area contributed by atoms with Crippen molar-refractivity contribution in [2.75, 3.05) is 19.3 Å². The Balaban J connectivity index is 1.74. The highest BCUT2D eigenvalue weighted by atomic mass is 32.2. The van der Waals surface area contributed by atoms with Crippen LogP contribution in [-0.4, -0.2) is 51.1 Å². The molecule has 2 N–H and O–H groups in total. The summed E-state index contributed by atoms with van der Waals surface area (Å²) in [5, 5.41) is 14.0. The first-order chi connectivity index (χ1) is 14.6. The molecular weight excluding hydrogens is 400 g/mol. The molecule has 2 amide bonds. The fourth-order valence-electron chi connectivity index (χ4n) is 2.90. The maximum Gasteiger partial charge on any atom is 0.273 e. The van der Waals surface area contributed by atoms with Gasteiger partial charge in [-0.2, -0.15) is 11.8 Å². The molecule has 2 aromatic heterocycles. The zero-order valence-corrected chi connectivity index (χ0v) is 17.8. The van der Waals surface area contributed by atoms with Gasteiger partial charge in [-0.3, -0.25) is 14.6 Å². The molecular formula is C21H24N6O2S. The van der Waals surface area contributed by atoms with Gasteiger partial charge in [0.05, 0.1) is 11.4 Å². The van der Waals surface area contributed by atoms with E-state index in [1.807, 2.05) is 31.4 Å². The summed E-state index contributed by atoms with van der Waals surface area (Å²) in [5.74, 6) is 0.189. The minimum absolute atomic E-state index is 0.125. The van der Waals surface area contributed by atoms with Crippen LogP contribution in [0.5, 0.6) is 0 Å². The van der Waals surface area contributed by atoms with Crippen LogP contribution in [0.1, 0.15) is 39.2 Å². The van der Waals surface area contributed by atoms with Crippen molar-refractivity contribution in [3.05, 3.63) is 71.3 Å². The molecule has 0 spiro atoms. The molecule has 0 aliphatic heterocycles. The van der Waals surface area contributed by atoms with Crippen molar-refractivity contribution in [2.45, 2.75) is 19.1 Å². The Morgan fingerprint density at radius 3 is 2.53 bits per heavy atom. The predicted octanol–water partition coefficient (Wildman–Crippen LogP) is 2.25. The first-order valence-electron chi connectivity index (χ1n) is 9.64. The number of pyridine rings is 1. The van der Waals surface area contributed by atoms with Crippen LogP contribution in [-0.2, 0) is 12.2 Å². The van der Waals surface area contributed by atoms with E-state index < -0.39 is 0 Å². The molecule has 3 aromatic rings. The number of carbonyl (C=O) groups excluding carboxylic acids is 2. The molecule has 3 rings (SSSR count). The van der Waals surface area contributed by atoms with Crippen molar-refractivity contribution < 1.29 is 9.59 Å². The molecule has 0 aliphatic carbocycles. The van der Waals surface area contributed by atoms with Crippen molar-refractivity contribution in [3.63, 3.8) is 0 Å². The number of nitrogens with zero attached hydrogens (tertiary/aromatic N) is 4. The minimum Gasteiger partial charge on any atom is -0.352 e. The Morgan fingerprint density at radius 2 is 1.87 bits per heavy atom. The lowest BCUT2D eigenvalue weighted by Gasteiger charge is -2.09. The van der Waals surface area contributed by atoms with E-state index in [2.05, 4.69) is 25.9 Å². The number of amides is 2. The number of aromatic nitrogens is 4. The van der Waals surface area contributed by atoms with E-state index in [4.69, 9.17) is 0 Å². The lowest BCUT2D eigenvalue weighted by molar-refractivity contribution is 0.0943. The molecule has 2 heterocycles. The summed E-state index contributed by atoms with van der Waals surface area (Å²) in [4.78, 5) is 28.9. The number of hydrogen-bond donors (Lipinski definition) is 2. The van der Waals surface area contributed by atoms with Crippen molar-refractivity contribution in [1.82, 2.24) is 30.6 Å².